The summed E-state index contributed by atoms with van der Waals surface area (Å²) in [4.78, 5) is 0. The molecule has 0 unspecified atom stereocenters. The summed E-state index contributed by atoms with van der Waals surface area (Å²) in [6, 6.07) is 3.47. The van der Waals surface area contributed by atoms with Crippen LogP contribution in [0.2, 0.25) is 0 Å². The molecule has 0 radical (unpaired) electrons. The molecule has 0 spiro atoms. The Hall–Kier alpha value is -1.09. The fourth-order valence-electron chi connectivity index (χ4n) is 0.989. The molecule has 0 aromatic carbocycles. The predicted molar refractivity (Wildman–Crippen MR) is 43.3 cm³/mol. The molecule has 0 aliphatic rings. The van der Waals surface area contributed by atoms with Crippen LogP contribution in [0.5, 0.6) is 0 Å². The molecule has 1 rings (SSSR count). The first kappa shape index (κ1) is 9.00. The number of halogens is 1. The topological polar surface area (TPSA) is 33.4 Å². The van der Waals surface area contributed by atoms with Gasteiger partial charge in [0.05, 0.1) is 18.2 Å². The van der Waals surface area contributed by atoms with Crippen molar-refractivity contribution >= 4 is 0 Å². The highest BCUT2D eigenvalue weighted by Gasteiger charge is 2.08. The normalized spacial score (nSPS) is 12.8. The molecule has 1 atom stereocenters. The number of hydrogen-bond acceptors (Lipinski definition) is 2. The van der Waals surface area contributed by atoms with Crippen LogP contribution in [0.4, 0.5) is 4.39 Å². The molecular weight excluding hydrogens is 159 g/mol. The summed E-state index contributed by atoms with van der Waals surface area (Å²) in [5, 5.41) is 9.23. The Kier molecular flexibility index (Phi) is 3.05. The Morgan fingerprint density at radius 1 is 1.75 bits per heavy atom. The highest BCUT2D eigenvalue weighted by Crippen LogP contribution is 2.10. The molecule has 0 saturated carbocycles. The predicted octanol–water partition coefficient (Wildman–Crippen LogP) is 2.06. The van der Waals surface area contributed by atoms with E-state index in [2.05, 4.69) is 6.58 Å². The number of aliphatic hydroxyl groups excluding tert-OH is 1. The summed E-state index contributed by atoms with van der Waals surface area (Å²) in [5.41, 5.74) is 0. The van der Waals surface area contributed by atoms with Gasteiger partial charge in [0.25, 0.3) is 0 Å². The smallest absolute Gasteiger partial charge is 0.106 e. The van der Waals surface area contributed by atoms with Crippen LogP contribution in [0.25, 0.3) is 0 Å². The zero-order valence-corrected chi connectivity index (χ0v) is 6.66. The molecule has 0 aliphatic heterocycles. The molecule has 0 saturated heterocycles. The average molecular weight is 170 g/mol. The fraction of sp³-hybridized carbons (Fsp3) is 0.333. The van der Waals surface area contributed by atoms with Gasteiger partial charge in [-0.3, -0.25) is 0 Å². The van der Waals surface area contributed by atoms with E-state index in [1.165, 1.54) is 6.26 Å². The summed E-state index contributed by atoms with van der Waals surface area (Å²) in [6.45, 7) is 3.07. The minimum absolute atomic E-state index is 0.0271. The Morgan fingerprint density at radius 3 is 3.00 bits per heavy atom. The standard InChI is InChI=1S/C9H11FO2/c1-7(10)5-8(11)6-9-3-2-4-12-9/h2-4,8,11H,1,5-6H2/t8-/m0/s1. The lowest BCUT2D eigenvalue weighted by Gasteiger charge is -2.05. The van der Waals surface area contributed by atoms with Crippen molar-refractivity contribution < 1.29 is 13.9 Å². The first-order valence-corrected chi connectivity index (χ1v) is 3.72. The lowest BCUT2D eigenvalue weighted by Crippen LogP contribution is -2.09. The highest BCUT2D eigenvalue weighted by atomic mass is 19.1. The summed E-state index contributed by atoms with van der Waals surface area (Å²) >= 11 is 0. The van der Waals surface area contributed by atoms with Crippen LogP contribution in [0.1, 0.15) is 12.2 Å². The van der Waals surface area contributed by atoms with E-state index in [0.717, 1.165) is 0 Å². The molecule has 0 amide bonds. The van der Waals surface area contributed by atoms with Gasteiger partial charge < -0.3 is 9.52 Å². The summed E-state index contributed by atoms with van der Waals surface area (Å²) in [5.74, 6) is 0.151. The van der Waals surface area contributed by atoms with E-state index in [-0.39, 0.29) is 6.42 Å². The average Bonchev–Trinajstić information content (AvgIpc) is 2.37. The molecule has 0 bridgehead atoms. The number of rotatable bonds is 4. The van der Waals surface area contributed by atoms with Gasteiger partial charge in [0, 0.05) is 12.8 Å². The Morgan fingerprint density at radius 2 is 2.50 bits per heavy atom. The van der Waals surface area contributed by atoms with Gasteiger partial charge in [-0.1, -0.05) is 6.58 Å². The summed E-state index contributed by atoms with van der Waals surface area (Å²) in [6.07, 6.45) is 1.08. The first-order chi connectivity index (χ1) is 5.68. The maximum absolute atomic E-state index is 12.2. The van der Waals surface area contributed by atoms with Crippen molar-refractivity contribution in [3.8, 4) is 0 Å². The second-order valence-electron chi connectivity index (χ2n) is 2.66. The van der Waals surface area contributed by atoms with Crippen molar-refractivity contribution in [3.05, 3.63) is 36.6 Å². The van der Waals surface area contributed by atoms with Gasteiger partial charge in [0.15, 0.2) is 0 Å². The molecule has 1 N–H and O–H groups in total. The van der Waals surface area contributed by atoms with Gasteiger partial charge in [-0.25, -0.2) is 4.39 Å². The number of hydrogen-bond donors (Lipinski definition) is 1. The van der Waals surface area contributed by atoms with Gasteiger partial charge in [0.2, 0.25) is 0 Å². The molecule has 12 heavy (non-hydrogen) atoms. The Balaban J connectivity index is 2.36. The van der Waals surface area contributed by atoms with E-state index in [1.54, 1.807) is 12.1 Å². The van der Waals surface area contributed by atoms with Crippen LogP contribution < -0.4 is 0 Å². The second kappa shape index (κ2) is 4.07. The van der Waals surface area contributed by atoms with Crippen LogP contribution in [-0.2, 0) is 6.42 Å². The van der Waals surface area contributed by atoms with Gasteiger partial charge >= 0.3 is 0 Å². The Bertz CT molecular complexity index is 241. The molecule has 1 aromatic heterocycles. The monoisotopic (exact) mass is 170 g/mol. The molecule has 1 heterocycles. The quantitative estimate of drug-likeness (QED) is 0.750. The minimum atomic E-state index is -0.742. The van der Waals surface area contributed by atoms with Crippen LogP contribution in [0, 0.1) is 0 Å². The van der Waals surface area contributed by atoms with Crippen molar-refractivity contribution in [1.82, 2.24) is 0 Å². The zero-order valence-electron chi connectivity index (χ0n) is 6.66. The van der Waals surface area contributed by atoms with Gasteiger partial charge in [-0.2, -0.15) is 0 Å². The van der Waals surface area contributed by atoms with E-state index < -0.39 is 11.9 Å². The fourth-order valence-corrected chi connectivity index (χ4v) is 0.989. The van der Waals surface area contributed by atoms with E-state index in [0.29, 0.717) is 12.2 Å². The van der Waals surface area contributed by atoms with Crippen molar-refractivity contribution in [2.75, 3.05) is 0 Å². The second-order valence-corrected chi connectivity index (χ2v) is 2.66. The first-order valence-electron chi connectivity index (χ1n) is 3.72. The number of furan rings is 1. The van der Waals surface area contributed by atoms with Crippen LogP contribution in [0.15, 0.2) is 35.2 Å². The molecule has 66 valence electrons. The molecule has 2 nitrogen and oxygen atoms in total. The van der Waals surface area contributed by atoms with Crippen molar-refractivity contribution in [1.29, 1.82) is 0 Å². The van der Waals surface area contributed by atoms with Crippen molar-refractivity contribution in [3.63, 3.8) is 0 Å². The molecule has 0 fully saturated rings. The van der Waals surface area contributed by atoms with Crippen LogP contribution in [0.3, 0.4) is 0 Å². The van der Waals surface area contributed by atoms with E-state index in [9.17, 15) is 9.50 Å². The van der Waals surface area contributed by atoms with E-state index in [1.807, 2.05) is 0 Å². The molecular formula is C9H11FO2. The molecule has 1 aromatic rings. The van der Waals surface area contributed by atoms with Crippen molar-refractivity contribution in [2.45, 2.75) is 18.9 Å². The minimum Gasteiger partial charge on any atom is -0.469 e. The van der Waals surface area contributed by atoms with Crippen LogP contribution in [-0.4, -0.2) is 11.2 Å². The third-order valence-electron chi connectivity index (χ3n) is 1.47. The lowest BCUT2D eigenvalue weighted by atomic mass is 10.1. The third-order valence-corrected chi connectivity index (χ3v) is 1.47. The SMILES string of the molecule is C=C(F)C[C@H](O)Cc1ccco1. The van der Waals surface area contributed by atoms with Gasteiger partial charge in [0.1, 0.15) is 5.76 Å². The van der Waals surface area contributed by atoms with Gasteiger partial charge in [-0.15, -0.1) is 0 Å². The van der Waals surface area contributed by atoms with Gasteiger partial charge in [-0.05, 0) is 12.1 Å². The highest BCUT2D eigenvalue weighted by molar-refractivity contribution is 5.00. The summed E-state index contributed by atoms with van der Waals surface area (Å²) in [7, 11) is 0. The lowest BCUT2D eigenvalue weighted by molar-refractivity contribution is 0.161. The maximum atomic E-state index is 12.2. The molecule has 3 heteroatoms. The maximum Gasteiger partial charge on any atom is 0.106 e. The zero-order chi connectivity index (χ0) is 8.97. The van der Waals surface area contributed by atoms with E-state index >= 15 is 0 Å². The third kappa shape index (κ3) is 2.88. The van der Waals surface area contributed by atoms with Crippen molar-refractivity contribution in [2.24, 2.45) is 0 Å². The van der Waals surface area contributed by atoms with Crippen LogP contribution >= 0.6 is 0 Å². The largest absolute Gasteiger partial charge is 0.469 e. The van der Waals surface area contributed by atoms with E-state index in [4.69, 9.17) is 4.42 Å². The molecule has 0 aliphatic carbocycles. The Labute approximate surface area is 70.3 Å². The number of aliphatic hydroxyl groups is 1. The summed E-state index contributed by atoms with van der Waals surface area (Å²) < 4.78 is 17.2.